The zero-order chi connectivity index (χ0) is 9.26. The smallest absolute Gasteiger partial charge is 0.229 e. The molecule has 1 heterocycles. The molecule has 1 atom stereocenters. The Morgan fingerprint density at radius 1 is 1.31 bits per heavy atom. The monoisotopic (exact) mass is 175 g/mol. The lowest BCUT2D eigenvalue weighted by Gasteiger charge is -2.09. The minimum Gasteiger partial charge on any atom is -0.345 e. The summed E-state index contributed by atoms with van der Waals surface area (Å²) in [5.74, 6) is 0.359. The van der Waals surface area contributed by atoms with Crippen LogP contribution in [-0.4, -0.2) is 24.4 Å². The molecule has 1 aromatic rings. The van der Waals surface area contributed by atoms with Crippen LogP contribution in [0, 0.1) is 0 Å². The Hall–Kier alpha value is -1.31. The van der Waals surface area contributed by atoms with Gasteiger partial charge in [0.25, 0.3) is 0 Å². The number of nitrogens with zero attached hydrogens (tertiary/aromatic N) is 1. The summed E-state index contributed by atoms with van der Waals surface area (Å²) in [5.41, 5.74) is 1.15. The molecule has 1 amide bonds. The van der Waals surface area contributed by atoms with Crippen molar-refractivity contribution in [1.82, 2.24) is 4.90 Å². The molecule has 1 saturated heterocycles. The van der Waals surface area contributed by atoms with Crippen LogP contribution in [0.5, 0.6) is 0 Å². The van der Waals surface area contributed by atoms with Crippen molar-refractivity contribution in [3.05, 3.63) is 35.9 Å². The fourth-order valence-corrected chi connectivity index (χ4v) is 1.82. The molecule has 0 N–H and O–H groups in total. The molecule has 1 aliphatic rings. The molecule has 1 fully saturated rings. The summed E-state index contributed by atoms with van der Waals surface area (Å²) in [7, 11) is 1.87. The van der Waals surface area contributed by atoms with Crippen molar-refractivity contribution in [1.29, 1.82) is 0 Å². The first-order valence-electron chi connectivity index (χ1n) is 4.59. The van der Waals surface area contributed by atoms with Crippen LogP contribution in [0.3, 0.4) is 0 Å². The zero-order valence-corrected chi connectivity index (χ0v) is 7.73. The summed E-state index contributed by atoms with van der Waals surface area (Å²) in [5, 5.41) is 0. The molecule has 0 radical (unpaired) electrons. The standard InChI is InChI=1S/C11H13NO/c1-12-8-7-10(11(12)13)9-5-3-2-4-6-9/h2-6,10H,7-8H2,1H3/t10-/m1/s1. The molecule has 1 aliphatic heterocycles. The Morgan fingerprint density at radius 2 is 2.00 bits per heavy atom. The maximum absolute atomic E-state index is 11.6. The first-order chi connectivity index (χ1) is 6.29. The quantitative estimate of drug-likeness (QED) is 0.635. The number of rotatable bonds is 1. The summed E-state index contributed by atoms with van der Waals surface area (Å²) < 4.78 is 0. The van der Waals surface area contributed by atoms with Crippen molar-refractivity contribution in [2.75, 3.05) is 13.6 Å². The summed E-state index contributed by atoms with van der Waals surface area (Å²) in [6, 6.07) is 10.0. The van der Waals surface area contributed by atoms with Gasteiger partial charge in [-0.15, -0.1) is 0 Å². The van der Waals surface area contributed by atoms with E-state index in [1.807, 2.05) is 37.4 Å². The number of hydrogen-bond donors (Lipinski definition) is 0. The molecule has 2 heteroatoms. The van der Waals surface area contributed by atoms with Crippen LogP contribution in [0.4, 0.5) is 0 Å². The van der Waals surface area contributed by atoms with Crippen molar-refractivity contribution in [3.8, 4) is 0 Å². The highest BCUT2D eigenvalue weighted by Crippen LogP contribution is 2.26. The first-order valence-corrected chi connectivity index (χ1v) is 4.59. The molecule has 0 aliphatic carbocycles. The van der Waals surface area contributed by atoms with E-state index in [1.54, 1.807) is 4.90 Å². The second-order valence-corrected chi connectivity index (χ2v) is 3.51. The van der Waals surface area contributed by atoms with Gasteiger partial charge in [0.05, 0.1) is 5.92 Å². The van der Waals surface area contributed by atoms with Crippen LogP contribution in [0.2, 0.25) is 0 Å². The predicted molar refractivity (Wildman–Crippen MR) is 51.4 cm³/mol. The van der Waals surface area contributed by atoms with E-state index in [1.165, 1.54) is 0 Å². The molecule has 13 heavy (non-hydrogen) atoms. The third kappa shape index (κ3) is 1.44. The predicted octanol–water partition coefficient (Wildman–Crippen LogP) is 1.63. The number of carbonyl (C=O) groups excluding carboxylic acids is 1. The number of carbonyl (C=O) groups is 1. The van der Waals surface area contributed by atoms with E-state index in [0.29, 0.717) is 0 Å². The summed E-state index contributed by atoms with van der Waals surface area (Å²) in [6.45, 7) is 0.887. The van der Waals surface area contributed by atoms with Gasteiger partial charge in [0.2, 0.25) is 5.91 Å². The van der Waals surface area contributed by atoms with Crippen LogP contribution in [0.15, 0.2) is 30.3 Å². The normalized spacial score (nSPS) is 22.4. The van der Waals surface area contributed by atoms with Gasteiger partial charge in [-0.05, 0) is 12.0 Å². The van der Waals surface area contributed by atoms with Crippen LogP contribution < -0.4 is 0 Å². The molecule has 0 bridgehead atoms. The molecule has 0 aromatic heterocycles. The average molecular weight is 175 g/mol. The Balaban J connectivity index is 2.24. The zero-order valence-electron chi connectivity index (χ0n) is 7.73. The lowest BCUT2D eigenvalue weighted by Crippen LogP contribution is -2.21. The number of likely N-dealkylation sites (tertiary alicyclic amines) is 1. The fourth-order valence-electron chi connectivity index (χ4n) is 1.82. The molecule has 1 aromatic carbocycles. The van der Waals surface area contributed by atoms with E-state index in [9.17, 15) is 4.79 Å². The maximum atomic E-state index is 11.6. The van der Waals surface area contributed by atoms with Crippen LogP contribution in [0.25, 0.3) is 0 Å². The molecule has 2 rings (SSSR count). The van der Waals surface area contributed by atoms with Gasteiger partial charge < -0.3 is 4.90 Å². The van der Waals surface area contributed by atoms with Gasteiger partial charge in [-0.25, -0.2) is 0 Å². The molecular weight excluding hydrogens is 162 g/mol. The largest absolute Gasteiger partial charge is 0.345 e. The number of benzene rings is 1. The SMILES string of the molecule is CN1CC[C@H](c2ccccc2)C1=O. The number of hydrogen-bond acceptors (Lipinski definition) is 1. The van der Waals surface area contributed by atoms with Crippen molar-refractivity contribution >= 4 is 5.91 Å². The summed E-state index contributed by atoms with van der Waals surface area (Å²) in [6.07, 6.45) is 0.958. The Kier molecular flexibility index (Phi) is 2.05. The van der Waals surface area contributed by atoms with Crippen molar-refractivity contribution < 1.29 is 4.79 Å². The second-order valence-electron chi connectivity index (χ2n) is 3.51. The van der Waals surface area contributed by atoms with Gasteiger partial charge in [0, 0.05) is 13.6 Å². The van der Waals surface area contributed by atoms with Crippen LogP contribution in [0.1, 0.15) is 17.9 Å². The number of amides is 1. The first kappa shape index (κ1) is 8.30. The average Bonchev–Trinajstić information content (AvgIpc) is 2.49. The third-order valence-corrected chi connectivity index (χ3v) is 2.63. The molecule has 0 saturated carbocycles. The Labute approximate surface area is 78.2 Å². The van der Waals surface area contributed by atoms with E-state index >= 15 is 0 Å². The van der Waals surface area contributed by atoms with Gasteiger partial charge in [-0.3, -0.25) is 4.79 Å². The molecule has 2 nitrogen and oxygen atoms in total. The highest BCUT2D eigenvalue weighted by atomic mass is 16.2. The lowest BCUT2D eigenvalue weighted by molar-refractivity contribution is -0.127. The van der Waals surface area contributed by atoms with E-state index in [2.05, 4.69) is 0 Å². The molecule has 68 valence electrons. The van der Waals surface area contributed by atoms with Crippen molar-refractivity contribution in [2.45, 2.75) is 12.3 Å². The van der Waals surface area contributed by atoms with E-state index in [-0.39, 0.29) is 11.8 Å². The summed E-state index contributed by atoms with van der Waals surface area (Å²) in [4.78, 5) is 13.4. The second kappa shape index (κ2) is 3.21. The Morgan fingerprint density at radius 3 is 2.54 bits per heavy atom. The van der Waals surface area contributed by atoms with Gasteiger partial charge in [-0.1, -0.05) is 30.3 Å². The van der Waals surface area contributed by atoms with Crippen LogP contribution >= 0.6 is 0 Å². The molecular formula is C11H13NO. The molecule has 0 unspecified atom stereocenters. The number of likely N-dealkylation sites (N-methyl/N-ethyl adjacent to an activating group) is 1. The van der Waals surface area contributed by atoms with E-state index in [0.717, 1.165) is 18.5 Å². The highest BCUT2D eigenvalue weighted by Gasteiger charge is 2.29. The van der Waals surface area contributed by atoms with Crippen LogP contribution in [-0.2, 0) is 4.79 Å². The minimum atomic E-state index is 0.103. The topological polar surface area (TPSA) is 20.3 Å². The summed E-state index contributed by atoms with van der Waals surface area (Å²) >= 11 is 0. The third-order valence-electron chi connectivity index (χ3n) is 2.63. The van der Waals surface area contributed by atoms with Gasteiger partial charge in [0.15, 0.2) is 0 Å². The highest BCUT2D eigenvalue weighted by molar-refractivity contribution is 5.85. The van der Waals surface area contributed by atoms with Gasteiger partial charge >= 0.3 is 0 Å². The van der Waals surface area contributed by atoms with Crippen molar-refractivity contribution in [3.63, 3.8) is 0 Å². The van der Waals surface area contributed by atoms with Crippen molar-refractivity contribution in [2.24, 2.45) is 0 Å². The van der Waals surface area contributed by atoms with Gasteiger partial charge in [-0.2, -0.15) is 0 Å². The molecule has 0 spiro atoms. The van der Waals surface area contributed by atoms with E-state index < -0.39 is 0 Å². The minimum absolute atomic E-state index is 0.103. The lowest BCUT2D eigenvalue weighted by atomic mass is 9.98. The fraction of sp³-hybridized carbons (Fsp3) is 0.364. The maximum Gasteiger partial charge on any atom is 0.229 e. The van der Waals surface area contributed by atoms with E-state index in [4.69, 9.17) is 0 Å². The Bertz CT molecular complexity index is 307. The van der Waals surface area contributed by atoms with Gasteiger partial charge in [0.1, 0.15) is 0 Å².